The van der Waals surface area contributed by atoms with Crippen LogP contribution in [0, 0.1) is 12.8 Å². The average Bonchev–Trinajstić information content (AvgIpc) is 3.14. The molecule has 0 saturated carbocycles. The maximum absolute atomic E-state index is 13.7. The fraction of sp³-hybridized carbons (Fsp3) is 0.375. The molecule has 0 spiro atoms. The van der Waals surface area contributed by atoms with Gasteiger partial charge in [0.05, 0.1) is 23.7 Å². The number of fused-ring (bicyclic) bond motifs is 3. The van der Waals surface area contributed by atoms with Gasteiger partial charge in [0.2, 0.25) is 11.9 Å². The Morgan fingerprint density at radius 1 is 1.16 bits per heavy atom. The summed E-state index contributed by atoms with van der Waals surface area (Å²) >= 11 is 0. The molecule has 1 aliphatic rings. The zero-order valence-corrected chi connectivity index (χ0v) is 18.1. The van der Waals surface area contributed by atoms with Gasteiger partial charge in [-0.3, -0.25) is 14.5 Å². The molecule has 0 aliphatic carbocycles. The van der Waals surface area contributed by atoms with Gasteiger partial charge in [-0.15, -0.1) is 0 Å². The third-order valence-electron chi connectivity index (χ3n) is 5.60. The van der Waals surface area contributed by atoms with Gasteiger partial charge in [0.1, 0.15) is 0 Å². The normalized spacial score (nSPS) is 18.3. The lowest BCUT2D eigenvalue weighted by atomic mass is 9.88. The van der Waals surface area contributed by atoms with Crippen molar-refractivity contribution in [2.24, 2.45) is 5.92 Å². The number of rotatable bonds is 7. The number of esters is 1. The van der Waals surface area contributed by atoms with Gasteiger partial charge in [-0.2, -0.15) is 0 Å². The molecule has 0 fully saturated rings. The van der Waals surface area contributed by atoms with Crippen molar-refractivity contribution in [1.82, 2.24) is 9.55 Å². The number of carbonyl (C=O) groups excluding carboxylic acids is 2. The van der Waals surface area contributed by atoms with Crippen LogP contribution in [0.1, 0.15) is 30.5 Å². The Balaban J connectivity index is 1.94. The fourth-order valence-electron chi connectivity index (χ4n) is 4.28. The van der Waals surface area contributed by atoms with E-state index in [1.807, 2.05) is 60.0 Å². The summed E-state index contributed by atoms with van der Waals surface area (Å²) < 4.78 is 12.6. The number of aryl methyl sites for hydroxylation is 1. The zero-order valence-electron chi connectivity index (χ0n) is 18.1. The maximum atomic E-state index is 13.7. The number of hydrogen-bond donors (Lipinski definition) is 0. The van der Waals surface area contributed by atoms with Gasteiger partial charge in [0.15, 0.2) is 5.92 Å². The summed E-state index contributed by atoms with van der Waals surface area (Å²) in [6, 6.07) is 15.1. The van der Waals surface area contributed by atoms with E-state index in [0.717, 1.165) is 22.2 Å². The number of carbonyl (C=O) groups is 2. The Morgan fingerprint density at radius 2 is 1.97 bits per heavy atom. The third-order valence-corrected chi connectivity index (χ3v) is 5.60. The predicted molar refractivity (Wildman–Crippen MR) is 118 cm³/mol. The molecule has 3 aromatic rings. The van der Waals surface area contributed by atoms with E-state index in [0.29, 0.717) is 25.5 Å². The van der Waals surface area contributed by atoms with Crippen LogP contribution in [-0.4, -0.2) is 48.3 Å². The van der Waals surface area contributed by atoms with Crippen LogP contribution in [0.3, 0.4) is 0 Å². The Bertz CT molecular complexity index is 1110. The van der Waals surface area contributed by atoms with Crippen molar-refractivity contribution in [2.75, 3.05) is 31.8 Å². The summed E-state index contributed by atoms with van der Waals surface area (Å²) in [5, 5.41) is 0. The lowest BCUT2D eigenvalue weighted by Gasteiger charge is -2.38. The molecule has 0 saturated heterocycles. The minimum Gasteiger partial charge on any atom is -0.465 e. The second kappa shape index (κ2) is 8.89. The standard InChI is InChI=1S/C24H27N3O4/c1-4-31-23(29)20-21(17-10-7-9-16(2)15-17)27-19-12-6-5-11-18(19)25-24(27)26(22(20)28)13-8-14-30-3/h5-7,9-12,15,20-21H,4,8,13-14H2,1-3H3. The van der Waals surface area contributed by atoms with Crippen LogP contribution in [0.25, 0.3) is 11.0 Å². The quantitative estimate of drug-likeness (QED) is 0.332. The molecule has 0 N–H and O–H groups in total. The molecule has 31 heavy (non-hydrogen) atoms. The predicted octanol–water partition coefficient (Wildman–Crippen LogP) is 3.50. The van der Waals surface area contributed by atoms with Crippen LogP contribution < -0.4 is 4.90 Å². The average molecular weight is 421 g/mol. The SMILES string of the molecule is CCOC(=O)C1C(=O)N(CCCOC)c2nc3ccccc3n2C1c1cccc(C)c1. The monoisotopic (exact) mass is 421 g/mol. The number of hydrogen-bond acceptors (Lipinski definition) is 5. The summed E-state index contributed by atoms with van der Waals surface area (Å²) in [7, 11) is 1.63. The Kier molecular flexibility index (Phi) is 6.04. The van der Waals surface area contributed by atoms with Crippen molar-refractivity contribution >= 4 is 28.9 Å². The molecule has 162 valence electrons. The van der Waals surface area contributed by atoms with Gasteiger partial charge < -0.3 is 14.0 Å². The van der Waals surface area contributed by atoms with E-state index in [4.69, 9.17) is 14.5 Å². The van der Waals surface area contributed by atoms with Crippen LogP contribution in [0.15, 0.2) is 48.5 Å². The molecule has 2 unspecified atom stereocenters. The molecule has 4 rings (SSSR count). The number of aromatic nitrogens is 2. The molecule has 2 aromatic carbocycles. The number of imidazole rings is 1. The smallest absolute Gasteiger partial charge is 0.321 e. The van der Waals surface area contributed by atoms with Crippen molar-refractivity contribution in [1.29, 1.82) is 0 Å². The first-order valence-electron chi connectivity index (χ1n) is 10.6. The van der Waals surface area contributed by atoms with Gasteiger partial charge in [-0.05, 0) is 38.0 Å². The second-order valence-electron chi connectivity index (χ2n) is 7.70. The highest BCUT2D eigenvalue weighted by Gasteiger charge is 2.47. The first-order valence-corrected chi connectivity index (χ1v) is 10.6. The summed E-state index contributed by atoms with van der Waals surface area (Å²) in [6.45, 7) is 4.88. The lowest BCUT2D eigenvalue weighted by Crippen LogP contribution is -2.50. The van der Waals surface area contributed by atoms with Crippen molar-refractivity contribution in [3.63, 3.8) is 0 Å². The molecule has 0 bridgehead atoms. The van der Waals surface area contributed by atoms with Crippen molar-refractivity contribution in [3.8, 4) is 0 Å². The van der Waals surface area contributed by atoms with Crippen LogP contribution >= 0.6 is 0 Å². The van der Waals surface area contributed by atoms with Gasteiger partial charge in [-0.1, -0.05) is 42.0 Å². The summed E-state index contributed by atoms with van der Waals surface area (Å²) in [4.78, 5) is 33.1. The first-order chi connectivity index (χ1) is 15.1. The Morgan fingerprint density at radius 3 is 2.71 bits per heavy atom. The topological polar surface area (TPSA) is 73.7 Å². The summed E-state index contributed by atoms with van der Waals surface area (Å²) in [5.74, 6) is -1.24. The van der Waals surface area contributed by atoms with E-state index in [2.05, 4.69) is 0 Å². The molecular formula is C24H27N3O4. The van der Waals surface area contributed by atoms with Crippen LogP contribution in [-0.2, 0) is 19.1 Å². The highest BCUT2D eigenvalue weighted by Crippen LogP contribution is 2.41. The van der Waals surface area contributed by atoms with Gasteiger partial charge in [-0.25, -0.2) is 4.98 Å². The van der Waals surface area contributed by atoms with E-state index < -0.39 is 17.9 Å². The number of methoxy groups -OCH3 is 1. The minimum atomic E-state index is -0.991. The Labute approximate surface area is 181 Å². The van der Waals surface area contributed by atoms with E-state index >= 15 is 0 Å². The molecule has 7 nitrogen and oxygen atoms in total. The largest absolute Gasteiger partial charge is 0.465 e. The number of amides is 1. The van der Waals surface area contributed by atoms with E-state index in [-0.39, 0.29) is 12.5 Å². The minimum absolute atomic E-state index is 0.213. The zero-order chi connectivity index (χ0) is 22.0. The number of nitrogens with zero attached hydrogens (tertiary/aromatic N) is 3. The van der Waals surface area contributed by atoms with Crippen molar-refractivity contribution in [3.05, 3.63) is 59.7 Å². The second-order valence-corrected chi connectivity index (χ2v) is 7.70. The van der Waals surface area contributed by atoms with Gasteiger partial charge in [0.25, 0.3) is 0 Å². The van der Waals surface area contributed by atoms with Gasteiger partial charge >= 0.3 is 5.97 Å². The summed E-state index contributed by atoms with van der Waals surface area (Å²) in [6.07, 6.45) is 0.635. The first kappa shape index (κ1) is 21.1. The molecule has 1 aliphatic heterocycles. The van der Waals surface area contributed by atoms with E-state index in [1.54, 1.807) is 18.9 Å². The molecule has 0 radical (unpaired) electrons. The third kappa shape index (κ3) is 3.81. The van der Waals surface area contributed by atoms with Gasteiger partial charge in [0, 0.05) is 20.3 Å². The van der Waals surface area contributed by atoms with Crippen molar-refractivity contribution in [2.45, 2.75) is 26.3 Å². The summed E-state index contributed by atoms with van der Waals surface area (Å²) in [5.41, 5.74) is 3.60. The highest BCUT2D eigenvalue weighted by molar-refractivity contribution is 6.08. The van der Waals surface area contributed by atoms with Crippen molar-refractivity contribution < 1.29 is 19.1 Å². The lowest BCUT2D eigenvalue weighted by molar-refractivity contribution is -0.153. The van der Waals surface area contributed by atoms with E-state index in [1.165, 1.54) is 0 Å². The number of ether oxygens (including phenoxy) is 2. The molecule has 2 atom stereocenters. The van der Waals surface area contributed by atoms with E-state index in [9.17, 15) is 9.59 Å². The molecule has 2 heterocycles. The number of anilines is 1. The Hall–Kier alpha value is -3.19. The molecule has 1 aromatic heterocycles. The molecular weight excluding hydrogens is 394 g/mol. The fourth-order valence-corrected chi connectivity index (χ4v) is 4.28. The number of para-hydroxylation sites is 2. The number of benzene rings is 2. The molecule has 7 heteroatoms. The molecule has 1 amide bonds. The van der Waals surface area contributed by atoms with Crippen LogP contribution in [0.4, 0.5) is 5.95 Å². The van der Waals surface area contributed by atoms with Crippen LogP contribution in [0.2, 0.25) is 0 Å². The van der Waals surface area contributed by atoms with Crippen LogP contribution in [0.5, 0.6) is 0 Å². The maximum Gasteiger partial charge on any atom is 0.321 e. The highest BCUT2D eigenvalue weighted by atomic mass is 16.5.